The summed E-state index contributed by atoms with van der Waals surface area (Å²) >= 11 is 6.00. The molecule has 1 N–H and O–H groups in total. The normalized spacial score (nSPS) is 14.0. The van der Waals surface area contributed by atoms with E-state index in [2.05, 4.69) is 15.5 Å². The van der Waals surface area contributed by atoms with E-state index in [1.807, 2.05) is 41.3 Å². The number of halogens is 1. The second kappa shape index (κ2) is 7.17. The molecule has 1 saturated heterocycles. The van der Waals surface area contributed by atoms with Gasteiger partial charge in [0.25, 0.3) is 0 Å². The van der Waals surface area contributed by atoms with Crippen LogP contribution in [0, 0.1) is 0 Å². The van der Waals surface area contributed by atoms with Crippen LogP contribution < -0.4 is 10.2 Å². The van der Waals surface area contributed by atoms with Gasteiger partial charge in [0.1, 0.15) is 0 Å². The fourth-order valence-corrected chi connectivity index (χ4v) is 3.19. The Kier molecular flexibility index (Phi) is 4.58. The average Bonchev–Trinajstić information content (AvgIpc) is 3.29. The van der Waals surface area contributed by atoms with E-state index in [0.29, 0.717) is 29.7 Å². The van der Waals surface area contributed by atoms with E-state index in [-0.39, 0.29) is 5.91 Å². The predicted molar refractivity (Wildman–Crippen MR) is 100 cm³/mol. The van der Waals surface area contributed by atoms with Crippen LogP contribution in [-0.4, -0.2) is 22.6 Å². The van der Waals surface area contributed by atoms with Gasteiger partial charge in [-0.3, -0.25) is 4.79 Å². The minimum Gasteiger partial charge on any atom is -0.374 e. The molecular formula is C19H17ClN4O2. The van der Waals surface area contributed by atoms with Crippen LogP contribution in [0.3, 0.4) is 0 Å². The first-order valence-electron chi connectivity index (χ1n) is 8.42. The summed E-state index contributed by atoms with van der Waals surface area (Å²) in [4.78, 5) is 18.2. The van der Waals surface area contributed by atoms with Gasteiger partial charge in [-0.05, 0) is 30.7 Å². The summed E-state index contributed by atoms with van der Waals surface area (Å²) in [6.07, 6.45) is 1.49. The topological polar surface area (TPSA) is 71.3 Å². The molecule has 2 aromatic carbocycles. The Morgan fingerprint density at radius 1 is 1.19 bits per heavy atom. The van der Waals surface area contributed by atoms with Gasteiger partial charge in [0, 0.05) is 23.6 Å². The highest BCUT2D eigenvalue weighted by molar-refractivity contribution is 6.30. The molecule has 6 nitrogen and oxygen atoms in total. The number of aromatic nitrogens is 2. The van der Waals surface area contributed by atoms with E-state index in [4.69, 9.17) is 16.1 Å². The zero-order valence-corrected chi connectivity index (χ0v) is 14.7. The number of benzene rings is 2. The van der Waals surface area contributed by atoms with Gasteiger partial charge in [-0.25, -0.2) is 0 Å². The summed E-state index contributed by atoms with van der Waals surface area (Å²) < 4.78 is 5.32. The molecule has 132 valence electrons. The van der Waals surface area contributed by atoms with Crippen molar-refractivity contribution < 1.29 is 9.32 Å². The fourth-order valence-electron chi connectivity index (χ4n) is 3.00. The first kappa shape index (κ1) is 16.6. The van der Waals surface area contributed by atoms with Gasteiger partial charge < -0.3 is 14.7 Å². The number of hydrogen-bond donors (Lipinski definition) is 1. The van der Waals surface area contributed by atoms with E-state index >= 15 is 0 Å². The lowest BCUT2D eigenvalue weighted by atomic mass is 10.2. The number of carbonyl (C=O) groups excluding carboxylic acids is 1. The Hall–Kier alpha value is -2.86. The zero-order valence-electron chi connectivity index (χ0n) is 14.0. The van der Waals surface area contributed by atoms with Crippen molar-refractivity contribution >= 4 is 28.9 Å². The lowest BCUT2D eigenvalue weighted by Gasteiger charge is -2.19. The summed E-state index contributed by atoms with van der Waals surface area (Å²) in [5, 5.41) is 7.91. The zero-order chi connectivity index (χ0) is 17.9. The van der Waals surface area contributed by atoms with Crippen molar-refractivity contribution in [1.29, 1.82) is 0 Å². The maximum Gasteiger partial charge on any atom is 0.246 e. The number of anilines is 2. The average molecular weight is 369 g/mol. The number of amides is 1. The van der Waals surface area contributed by atoms with Crippen molar-refractivity contribution in [3.05, 3.63) is 59.4 Å². The highest BCUT2D eigenvalue weighted by atomic mass is 35.5. The summed E-state index contributed by atoms with van der Waals surface area (Å²) in [6, 6.07) is 15.0. The summed E-state index contributed by atoms with van der Waals surface area (Å²) in [5.74, 6) is 1.11. The highest BCUT2D eigenvalue weighted by Crippen LogP contribution is 2.29. The first-order valence-corrected chi connectivity index (χ1v) is 8.80. The summed E-state index contributed by atoms with van der Waals surface area (Å²) in [7, 11) is 0. The fraction of sp³-hybridized carbons (Fsp3) is 0.211. The van der Waals surface area contributed by atoms with Gasteiger partial charge in [-0.2, -0.15) is 4.98 Å². The molecule has 1 amide bonds. The highest BCUT2D eigenvalue weighted by Gasteiger charge is 2.23. The van der Waals surface area contributed by atoms with Gasteiger partial charge in [-0.1, -0.05) is 41.0 Å². The predicted octanol–water partition coefficient (Wildman–Crippen LogP) is 4.13. The van der Waals surface area contributed by atoms with Crippen LogP contribution in [0.4, 0.5) is 11.4 Å². The third kappa shape index (κ3) is 3.41. The third-order valence-electron chi connectivity index (χ3n) is 4.25. The van der Waals surface area contributed by atoms with Gasteiger partial charge in [-0.15, -0.1) is 0 Å². The molecule has 1 aromatic heterocycles. The van der Waals surface area contributed by atoms with E-state index in [1.165, 1.54) is 0 Å². The molecule has 7 heteroatoms. The number of nitrogens with one attached hydrogen (secondary N) is 1. The van der Waals surface area contributed by atoms with E-state index in [1.54, 1.807) is 12.1 Å². The quantitative estimate of drug-likeness (QED) is 0.733. The lowest BCUT2D eigenvalue weighted by Crippen LogP contribution is -2.24. The second-order valence-corrected chi connectivity index (χ2v) is 6.48. The largest absolute Gasteiger partial charge is 0.374 e. The molecule has 1 fully saturated rings. The maximum absolute atomic E-state index is 12.0. The SMILES string of the molecule is O=C1CCCN1c1ccccc1NCc1nc(-c2cccc(Cl)c2)no1. The third-order valence-corrected chi connectivity index (χ3v) is 4.48. The molecule has 4 rings (SSSR count). The maximum atomic E-state index is 12.0. The van der Waals surface area contributed by atoms with Crippen molar-refractivity contribution in [2.24, 2.45) is 0 Å². The number of para-hydroxylation sites is 2. The number of nitrogens with zero attached hydrogens (tertiary/aromatic N) is 3. The molecule has 0 spiro atoms. The first-order chi connectivity index (χ1) is 12.7. The molecule has 3 aromatic rings. The van der Waals surface area contributed by atoms with Crippen molar-refractivity contribution in [1.82, 2.24) is 10.1 Å². The molecule has 1 aliphatic rings. The molecule has 0 radical (unpaired) electrons. The monoisotopic (exact) mass is 368 g/mol. The van der Waals surface area contributed by atoms with E-state index in [0.717, 1.165) is 29.9 Å². The standard InChI is InChI=1S/C19H17ClN4O2/c20-14-6-3-5-13(11-14)19-22-17(26-23-19)12-21-15-7-1-2-8-16(15)24-10-4-9-18(24)25/h1-3,5-8,11,21H,4,9-10,12H2. The minimum atomic E-state index is 0.153. The van der Waals surface area contributed by atoms with Crippen molar-refractivity contribution in [2.45, 2.75) is 19.4 Å². The van der Waals surface area contributed by atoms with Gasteiger partial charge in [0.05, 0.1) is 17.9 Å². The number of hydrogen-bond acceptors (Lipinski definition) is 5. The van der Waals surface area contributed by atoms with Crippen LogP contribution in [0.15, 0.2) is 53.1 Å². The van der Waals surface area contributed by atoms with Crippen LogP contribution in [0.25, 0.3) is 11.4 Å². The van der Waals surface area contributed by atoms with Crippen LogP contribution in [0.5, 0.6) is 0 Å². The molecule has 0 saturated carbocycles. The van der Waals surface area contributed by atoms with Crippen molar-refractivity contribution in [3.63, 3.8) is 0 Å². The van der Waals surface area contributed by atoms with Crippen LogP contribution >= 0.6 is 11.6 Å². The number of carbonyl (C=O) groups is 1. The van der Waals surface area contributed by atoms with Crippen molar-refractivity contribution in [2.75, 3.05) is 16.8 Å². The van der Waals surface area contributed by atoms with Gasteiger partial charge >= 0.3 is 0 Å². The minimum absolute atomic E-state index is 0.153. The Balaban J connectivity index is 1.49. The molecule has 0 aliphatic carbocycles. The molecule has 26 heavy (non-hydrogen) atoms. The van der Waals surface area contributed by atoms with E-state index in [9.17, 15) is 4.79 Å². The smallest absolute Gasteiger partial charge is 0.246 e. The Labute approximate surface area is 155 Å². The van der Waals surface area contributed by atoms with Crippen molar-refractivity contribution in [3.8, 4) is 11.4 Å². The Morgan fingerprint density at radius 2 is 2.08 bits per heavy atom. The second-order valence-electron chi connectivity index (χ2n) is 6.04. The Morgan fingerprint density at radius 3 is 2.88 bits per heavy atom. The molecule has 0 unspecified atom stereocenters. The summed E-state index contributed by atoms with van der Waals surface area (Å²) in [6.45, 7) is 1.11. The molecular weight excluding hydrogens is 352 g/mol. The van der Waals surface area contributed by atoms with Crippen LogP contribution in [0.2, 0.25) is 5.02 Å². The van der Waals surface area contributed by atoms with E-state index < -0.39 is 0 Å². The lowest BCUT2D eigenvalue weighted by molar-refractivity contribution is -0.117. The molecule has 0 bridgehead atoms. The molecule has 1 aliphatic heterocycles. The van der Waals surface area contributed by atoms with Crippen LogP contribution in [-0.2, 0) is 11.3 Å². The number of rotatable bonds is 5. The molecule has 0 atom stereocenters. The van der Waals surface area contributed by atoms with Gasteiger partial charge in [0.2, 0.25) is 17.6 Å². The van der Waals surface area contributed by atoms with Gasteiger partial charge in [0.15, 0.2) is 0 Å². The van der Waals surface area contributed by atoms with Crippen LogP contribution in [0.1, 0.15) is 18.7 Å². The summed E-state index contributed by atoms with van der Waals surface area (Å²) in [5.41, 5.74) is 2.55. The Bertz CT molecular complexity index is 941. The molecule has 2 heterocycles.